The van der Waals surface area contributed by atoms with Gasteiger partial charge in [0.2, 0.25) is 0 Å². The first kappa shape index (κ1) is 12.1. The number of β-amino-alcohol motifs (C(OH)–C–C–N with tert-alkyl or cyclic N) is 2. The summed E-state index contributed by atoms with van der Waals surface area (Å²) >= 11 is 0. The quantitative estimate of drug-likeness (QED) is 0.781. The van der Waals surface area contributed by atoms with Crippen molar-refractivity contribution in [1.82, 2.24) is 4.90 Å². The van der Waals surface area contributed by atoms with Crippen molar-refractivity contribution in [2.75, 3.05) is 13.1 Å². The molecule has 1 fully saturated rings. The lowest BCUT2D eigenvalue weighted by Gasteiger charge is -2.15. The predicted molar refractivity (Wildman–Crippen MR) is 63.7 cm³/mol. The number of amides is 1. The van der Waals surface area contributed by atoms with Crippen LogP contribution in [-0.4, -0.2) is 46.3 Å². The Morgan fingerprint density at radius 2 is 1.76 bits per heavy atom. The number of aliphatic hydroxyl groups is 2. The zero-order chi connectivity index (χ0) is 12.4. The third-order valence-corrected chi connectivity index (χ3v) is 3.16. The summed E-state index contributed by atoms with van der Waals surface area (Å²) in [6.07, 6.45) is -0.710. The third kappa shape index (κ3) is 2.48. The van der Waals surface area contributed by atoms with Crippen molar-refractivity contribution >= 4 is 5.91 Å². The first-order chi connectivity index (χ1) is 8.11. The van der Waals surface area contributed by atoms with E-state index in [2.05, 4.69) is 6.92 Å². The van der Waals surface area contributed by atoms with Crippen LogP contribution in [0.5, 0.6) is 0 Å². The lowest BCUT2D eigenvalue weighted by molar-refractivity contribution is 0.0572. The molecule has 2 rings (SSSR count). The molecule has 1 aliphatic rings. The highest BCUT2D eigenvalue weighted by atomic mass is 16.3. The Labute approximate surface area is 100 Å². The van der Waals surface area contributed by atoms with Crippen LogP contribution in [0, 0.1) is 0 Å². The molecule has 92 valence electrons. The van der Waals surface area contributed by atoms with E-state index in [4.69, 9.17) is 0 Å². The van der Waals surface area contributed by atoms with Crippen LogP contribution < -0.4 is 0 Å². The van der Waals surface area contributed by atoms with Crippen molar-refractivity contribution < 1.29 is 15.0 Å². The van der Waals surface area contributed by atoms with E-state index in [1.54, 1.807) is 12.1 Å². The second kappa shape index (κ2) is 4.85. The van der Waals surface area contributed by atoms with Crippen molar-refractivity contribution in [2.45, 2.75) is 25.6 Å². The maximum absolute atomic E-state index is 12.0. The highest BCUT2D eigenvalue weighted by molar-refractivity contribution is 5.94. The molecule has 1 saturated heterocycles. The minimum atomic E-state index is -0.825. The molecule has 2 N–H and O–H groups in total. The molecule has 0 bridgehead atoms. The number of likely N-dealkylation sites (tertiary alicyclic amines) is 1. The van der Waals surface area contributed by atoms with Crippen molar-refractivity contribution in [3.63, 3.8) is 0 Å². The Morgan fingerprint density at radius 3 is 2.24 bits per heavy atom. The topological polar surface area (TPSA) is 60.8 Å². The second-order valence-corrected chi connectivity index (χ2v) is 4.40. The normalized spacial score (nSPS) is 24.1. The van der Waals surface area contributed by atoms with E-state index in [1.165, 1.54) is 10.5 Å². The highest BCUT2D eigenvalue weighted by Crippen LogP contribution is 2.15. The van der Waals surface area contributed by atoms with Gasteiger partial charge in [-0.05, 0) is 24.1 Å². The number of aryl methyl sites for hydroxylation is 1. The van der Waals surface area contributed by atoms with Gasteiger partial charge in [0.1, 0.15) is 0 Å². The van der Waals surface area contributed by atoms with Crippen LogP contribution >= 0.6 is 0 Å². The average molecular weight is 235 g/mol. The molecule has 4 heteroatoms. The predicted octanol–water partition coefficient (Wildman–Crippen LogP) is 0.427. The SMILES string of the molecule is CCc1ccc(C(=O)N2CC(O)C(O)C2)cc1. The molecule has 1 aromatic carbocycles. The lowest BCUT2D eigenvalue weighted by atomic mass is 10.1. The second-order valence-electron chi connectivity index (χ2n) is 4.40. The Balaban J connectivity index is 2.09. The van der Waals surface area contributed by atoms with Crippen molar-refractivity contribution in [3.8, 4) is 0 Å². The van der Waals surface area contributed by atoms with Gasteiger partial charge in [-0.3, -0.25) is 4.79 Å². The number of carbonyl (C=O) groups excluding carboxylic acids is 1. The van der Waals surface area contributed by atoms with E-state index in [0.717, 1.165) is 6.42 Å². The molecular weight excluding hydrogens is 218 g/mol. The Morgan fingerprint density at radius 1 is 1.24 bits per heavy atom. The summed E-state index contributed by atoms with van der Waals surface area (Å²) in [6.45, 7) is 2.47. The number of hydrogen-bond donors (Lipinski definition) is 2. The van der Waals surface area contributed by atoms with E-state index in [-0.39, 0.29) is 19.0 Å². The molecule has 1 amide bonds. The van der Waals surface area contributed by atoms with Crippen LogP contribution in [0.2, 0.25) is 0 Å². The minimum absolute atomic E-state index is 0.136. The number of aliphatic hydroxyl groups excluding tert-OH is 2. The lowest BCUT2D eigenvalue weighted by Crippen LogP contribution is -2.29. The first-order valence-electron chi connectivity index (χ1n) is 5.86. The summed E-state index contributed by atoms with van der Waals surface area (Å²) in [5, 5.41) is 18.8. The molecule has 0 radical (unpaired) electrons. The van der Waals surface area contributed by atoms with Crippen molar-refractivity contribution in [1.29, 1.82) is 0 Å². The molecule has 0 aromatic heterocycles. The number of hydrogen-bond acceptors (Lipinski definition) is 3. The summed E-state index contributed by atoms with van der Waals surface area (Å²) in [5.41, 5.74) is 1.78. The van der Waals surface area contributed by atoms with Gasteiger partial charge in [-0.1, -0.05) is 19.1 Å². The average Bonchev–Trinajstić information content (AvgIpc) is 2.69. The van der Waals surface area contributed by atoms with Crippen LogP contribution in [0.4, 0.5) is 0 Å². The van der Waals surface area contributed by atoms with E-state index >= 15 is 0 Å². The highest BCUT2D eigenvalue weighted by Gasteiger charge is 2.32. The molecule has 4 nitrogen and oxygen atoms in total. The summed E-state index contributed by atoms with van der Waals surface area (Å²) in [7, 11) is 0. The standard InChI is InChI=1S/C13H17NO3/c1-2-9-3-5-10(6-4-9)13(17)14-7-11(15)12(16)8-14/h3-6,11-12,15-16H,2,7-8H2,1H3. The third-order valence-electron chi connectivity index (χ3n) is 3.16. The van der Waals surface area contributed by atoms with Gasteiger partial charge in [0.25, 0.3) is 5.91 Å². The molecule has 1 aliphatic heterocycles. The molecule has 17 heavy (non-hydrogen) atoms. The van der Waals surface area contributed by atoms with Crippen molar-refractivity contribution in [2.24, 2.45) is 0 Å². The van der Waals surface area contributed by atoms with Gasteiger partial charge in [-0.2, -0.15) is 0 Å². The largest absolute Gasteiger partial charge is 0.388 e. The summed E-state index contributed by atoms with van der Waals surface area (Å²) < 4.78 is 0. The Hall–Kier alpha value is -1.39. The smallest absolute Gasteiger partial charge is 0.254 e. The fourth-order valence-electron chi connectivity index (χ4n) is 2.00. The number of rotatable bonds is 2. The fraction of sp³-hybridized carbons (Fsp3) is 0.462. The Kier molecular flexibility index (Phi) is 3.45. The van der Waals surface area contributed by atoms with Gasteiger partial charge in [-0.15, -0.1) is 0 Å². The van der Waals surface area contributed by atoms with Crippen LogP contribution in [0.15, 0.2) is 24.3 Å². The summed E-state index contributed by atoms with van der Waals surface area (Å²) in [6, 6.07) is 7.43. The zero-order valence-electron chi connectivity index (χ0n) is 9.84. The maximum atomic E-state index is 12.0. The molecule has 1 heterocycles. The molecule has 0 spiro atoms. The number of benzene rings is 1. The Bertz CT molecular complexity index is 392. The molecule has 2 unspecified atom stereocenters. The van der Waals surface area contributed by atoms with E-state index in [1.807, 2.05) is 12.1 Å². The van der Waals surface area contributed by atoms with Gasteiger partial charge in [0.15, 0.2) is 0 Å². The monoisotopic (exact) mass is 235 g/mol. The van der Waals surface area contributed by atoms with E-state index < -0.39 is 12.2 Å². The van der Waals surface area contributed by atoms with E-state index in [0.29, 0.717) is 5.56 Å². The minimum Gasteiger partial charge on any atom is -0.388 e. The van der Waals surface area contributed by atoms with Gasteiger partial charge in [0, 0.05) is 18.7 Å². The van der Waals surface area contributed by atoms with Gasteiger partial charge < -0.3 is 15.1 Å². The number of carbonyl (C=O) groups is 1. The van der Waals surface area contributed by atoms with Crippen LogP contribution in [0.3, 0.4) is 0 Å². The maximum Gasteiger partial charge on any atom is 0.254 e. The summed E-state index contributed by atoms with van der Waals surface area (Å²) in [5.74, 6) is -0.136. The zero-order valence-corrected chi connectivity index (χ0v) is 9.84. The molecule has 2 atom stereocenters. The molecule has 0 aliphatic carbocycles. The molecular formula is C13H17NO3. The fourth-order valence-corrected chi connectivity index (χ4v) is 2.00. The van der Waals surface area contributed by atoms with E-state index in [9.17, 15) is 15.0 Å². The van der Waals surface area contributed by atoms with Gasteiger partial charge in [0.05, 0.1) is 12.2 Å². The van der Waals surface area contributed by atoms with Crippen LogP contribution in [0.1, 0.15) is 22.8 Å². The summed E-state index contributed by atoms with van der Waals surface area (Å²) in [4.78, 5) is 13.5. The first-order valence-corrected chi connectivity index (χ1v) is 5.86. The molecule has 0 saturated carbocycles. The van der Waals surface area contributed by atoms with Gasteiger partial charge in [-0.25, -0.2) is 0 Å². The van der Waals surface area contributed by atoms with Gasteiger partial charge >= 0.3 is 0 Å². The van der Waals surface area contributed by atoms with Crippen LogP contribution in [-0.2, 0) is 6.42 Å². The van der Waals surface area contributed by atoms with Crippen molar-refractivity contribution in [3.05, 3.63) is 35.4 Å². The molecule has 1 aromatic rings. The number of nitrogens with zero attached hydrogens (tertiary/aromatic N) is 1. The van der Waals surface area contributed by atoms with Crippen LogP contribution in [0.25, 0.3) is 0 Å².